The molecule has 0 aliphatic carbocycles. The molecular weight excluding hydrogens is 249 g/mol. The van der Waals surface area contributed by atoms with Crippen molar-refractivity contribution < 1.29 is 13.6 Å². The predicted molar refractivity (Wildman–Crippen MR) is 76.9 cm³/mol. The lowest BCUT2D eigenvalue weighted by Crippen LogP contribution is -2.49. The highest BCUT2D eigenvalue weighted by atomic mass is 31.2. The van der Waals surface area contributed by atoms with Gasteiger partial charge in [0.1, 0.15) is 5.78 Å². The minimum absolute atomic E-state index is 0.0792. The van der Waals surface area contributed by atoms with Gasteiger partial charge in [-0.3, -0.25) is 4.57 Å². The van der Waals surface area contributed by atoms with Crippen molar-refractivity contribution in [1.29, 1.82) is 0 Å². The molecule has 2 atom stereocenters. The van der Waals surface area contributed by atoms with E-state index in [9.17, 15) is 4.57 Å². The number of hydrogen-bond donors (Lipinski definition) is 1. The fraction of sp³-hybridized carbons (Fsp3) is 1.00. The molecule has 0 aromatic carbocycles. The zero-order valence-electron chi connectivity index (χ0n) is 13.3. The maximum atomic E-state index is 12.7. The van der Waals surface area contributed by atoms with Gasteiger partial charge in [0, 0.05) is 20.3 Å². The molecule has 4 nitrogen and oxygen atoms in total. The summed E-state index contributed by atoms with van der Waals surface area (Å²) in [5.74, 6) is -0.339. The van der Waals surface area contributed by atoms with Gasteiger partial charge in [-0.1, -0.05) is 41.5 Å². The standard InChI is InChI=1S/C13H30NO3P/c1-10(12(2,3)4)14-11(13(5,6)7)18(15,16-8)17-9/h10-11,14H,1-9H3/t10-,11+/m0/s1. The van der Waals surface area contributed by atoms with Crippen LogP contribution in [0.25, 0.3) is 0 Å². The minimum atomic E-state index is -3.15. The zero-order valence-corrected chi connectivity index (χ0v) is 14.2. The molecule has 0 rings (SSSR count). The summed E-state index contributed by atoms with van der Waals surface area (Å²) in [6.07, 6.45) is 0. The quantitative estimate of drug-likeness (QED) is 0.776. The Labute approximate surface area is 112 Å². The minimum Gasteiger partial charge on any atom is -0.311 e. The second-order valence-electron chi connectivity index (χ2n) is 6.93. The van der Waals surface area contributed by atoms with Crippen LogP contribution in [0.5, 0.6) is 0 Å². The third-order valence-corrected chi connectivity index (χ3v) is 5.93. The Morgan fingerprint density at radius 2 is 1.33 bits per heavy atom. The Bertz CT molecular complexity index is 296. The van der Waals surface area contributed by atoms with Gasteiger partial charge in [-0.25, -0.2) is 0 Å². The topological polar surface area (TPSA) is 47.6 Å². The maximum absolute atomic E-state index is 12.7. The van der Waals surface area contributed by atoms with Crippen LogP contribution in [0.3, 0.4) is 0 Å². The van der Waals surface area contributed by atoms with Gasteiger partial charge in [0.2, 0.25) is 0 Å². The molecule has 0 aliphatic heterocycles. The second kappa shape index (κ2) is 6.04. The molecule has 0 aromatic heterocycles. The van der Waals surface area contributed by atoms with E-state index in [0.29, 0.717) is 0 Å². The highest BCUT2D eigenvalue weighted by Gasteiger charge is 2.44. The van der Waals surface area contributed by atoms with E-state index in [4.69, 9.17) is 9.05 Å². The smallest absolute Gasteiger partial charge is 0.311 e. The molecule has 0 saturated heterocycles. The molecule has 0 amide bonds. The Kier molecular flexibility index (Phi) is 6.08. The van der Waals surface area contributed by atoms with E-state index >= 15 is 0 Å². The zero-order chi connectivity index (χ0) is 14.8. The molecule has 5 heteroatoms. The van der Waals surface area contributed by atoms with Gasteiger partial charge in [-0.05, 0) is 17.8 Å². The van der Waals surface area contributed by atoms with Gasteiger partial charge in [0.15, 0.2) is 0 Å². The van der Waals surface area contributed by atoms with Crippen molar-refractivity contribution >= 4 is 7.60 Å². The predicted octanol–water partition coefficient (Wildman–Crippen LogP) is 3.87. The van der Waals surface area contributed by atoms with Gasteiger partial charge in [0.25, 0.3) is 0 Å². The molecule has 0 spiro atoms. The fourth-order valence-electron chi connectivity index (χ4n) is 1.59. The van der Waals surface area contributed by atoms with Gasteiger partial charge in [0.05, 0.1) is 0 Å². The first-order chi connectivity index (χ1) is 7.88. The first-order valence-corrected chi connectivity index (χ1v) is 7.97. The van der Waals surface area contributed by atoms with Crippen LogP contribution in [-0.2, 0) is 13.6 Å². The van der Waals surface area contributed by atoms with E-state index in [1.807, 2.05) is 20.8 Å². The lowest BCUT2D eigenvalue weighted by Gasteiger charge is -2.40. The summed E-state index contributed by atoms with van der Waals surface area (Å²) >= 11 is 0. The normalized spacial score (nSPS) is 17.6. The van der Waals surface area contributed by atoms with Crippen LogP contribution in [-0.4, -0.2) is 26.0 Å². The maximum Gasteiger partial charge on any atom is 0.347 e. The van der Waals surface area contributed by atoms with Crippen molar-refractivity contribution in [3.63, 3.8) is 0 Å². The number of rotatable bonds is 5. The summed E-state index contributed by atoms with van der Waals surface area (Å²) < 4.78 is 23.0. The number of hydrogen-bond acceptors (Lipinski definition) is 4. The molecule has 18 heavy (non-hydrogen) atoms. The largest absolute Gasteiger partial charge is 0.347 e. The Morgan fingerprint density at radius 1 is 0.944 bits per heavy atom. The van der Waals surface area contributed by atoms with Crippen LogP contribution in [0.15, 0.2) is 0 Å². The van der Waals surface area contributed by atoms with Crippen LogP contribution < -0.4 is 5.32 Å². The van der Waals surface area contributed by atoms with Crippen LogP contribution >= 0.6 is 7.60 Å². The third-order valence-electron chi connectivity index (χ3n) is 3.35. The van der Waals surface area contributed by atoms with Gasteiger partial charge >= 0.3 is 7.60 Å². The summed E-state index contributed by atoms with van der Waals surface area (Å²) in [5, 5.41) is 3.43. The molecule has 0 saturated carbocycles. The molecular formula is C13H30NO3P. The summed E-state index contributed by atoms with van der Waals surface area (Å²) in [4.78, 5) is 0. The lowest BCUT2D eigenvalue weighted by atomic mass is 9.86. The summed E-state index contributed by atoms with van der Waals surface area (Å²) in [5.41, 5.74) is -0.142. The average Bonchev–Trinajstić information content (AvgIpc) is 2.21. The van der Waals surface area contributed by atoms with Crippen LogP contribution in [0, 0.1) is 10.8 Å². The van der Waals surface area contributed by atoms with E-state index in [-0.39, 0.29) is 22.7 Å². The Balaban J connectivity index is 5.24. The first kappa shape index (κ1) is 18.1. The SMILES string of the molecule is COP(=O)(OC)[C@@H](N[C@@H](C)C(C)(C)C)C(C)(C)C. The van der Waals surface area contributed by atoms with Crippen LogP contribution in [0.1, 0.15) is 48.5 Å². The summed E-state index contributed by atoms with van der Waals surface area (Å²) in [6, 6.07) is 0.195. The number of nitrogens with one attached hydrogen (secondary N) is 1. The van der Waals surface area contributed by atoms with E-state index in [0.717, 1.165) is 0 Å². The van der Waals surface area contributed by atoms with Crippen molar-refractivity contribution in [1.82, 2.24) is 5.32 Å². The van der Waals surface area contributed by atoms with Crippen molar-refractivity contribution in [2.45, 2.75) is 60.3 Å². The van der Waals surface area contributed by atoms with Gasteiger partial charge in [-0.15, -0.1) is 0 Å². The highest BCUT2D eigenvalue weighted by Crippen LogP contribution is 2.56. The van der Waals surface area contributed by atoms with Gasteiger partial charge in [-0.2, -0.15) is 0 Å². The molecule has 0 heterocycles. The van der Waals surface area contributed by atoms with Crippen molar-refractivity contribution in [2.75, 3.05) is 14.2 Å². The van der Waals surface area contributed by atoms with Gasteiger partial charge < -0.3 is 14.4 Å². The van der Waals surface area contributed by atoms with Crippen LogP contribution in [0.2, 0.25) is 0 Å². The fourth-order valence-corrected chi connectivity index (χ4v) is 3.51. The van der Waals surface area contributed by atoms with Crippen molar-refractivity contribution in [3.05, 3.63) is 0 Å². The molecule has 110 valence electrons. The molecule has 0 aliphatic rings. The molecule has 0 fully saturated rings. The Morgan fingerprint density at radius 3 is 1.56 bits per heavy atom. The summed E-state index contributed by atoms with van der Waals surface area (Å²) in [6.45, 7) is 14.6. The van der Waals surface area contributed by atoms with Crippen LogP contribution in [0.4, 0.5) is 0 Å². The molecule has 0 unspecified atom stereocenters. The lowest BCUT2D eigenvalue weighted by molar-refractivity contribution is 0.186. The third kappa shape index (κ3) is 4.65. The molecule has 0 bridgehead atoms. The average molecular weight is 279 g/mol. The monoisotopic (exact) mass is 279 g/mol. The van der Waals surface area contributed by atoms with E-state index in [1.54, 1.807) is 0 Å². The van der Waals surface area contributed by atoms with E-state index < -0.39 is 7.60 Å². The molecule has 1 N–H and O–H groups in total. The van der Waals surface area contributed by atoms with Crippen molar-refractivity contribution in [3.8, 4) is 0 Å². The second-order valence-corrected chi connectivity index (χ2v) is 9.25. The first-order valence-electron chi connectivity index (χ1n) is 6.35. The highest BCUT2D eigenvalue weighted by molar-refractivity contribution is 7.54. The van der Waals surface area contributed by atoms with Crippen molar-refractivity contribution in [2.24, 2.45) is 10.8 Å². The van der Waals surface area contributed by atoms with E-state index in [2.05, 4.69) is 33.0 Å². The molecule has 0 aromatic rings. The molecule has 0 radical (unpaired) electrons. The van der Waals surface area contributed by atoms with E-state index in [1.165, 1.54) is 14.2 Å². The Hall–Kier alpha value is 0.110. The summed E-state index contributed by atoms with van der Waals surface area (Å²) in [7, 11) is -0.273.